The Kier molecular flexibility index (Phi) is 6.70. The van der Waals surface area contributed by atoms with Crippen LogP contribution in [0.2, 0.25) is 0 Å². The van der Waals surface area contributed by atoms with Gasteiger partial charge in [0.25, 0.3) is 5.91 Å². The highest BCUT2D eigenvalue weighted by Gasteiger charge is 2.28. The second-order valence-electron chi connectivity index (χ2n) is 8.45. The van der Waals surface area contributed by atoms with Gasteiger partial charge in [-0.15, -0.1) is 0 Å². The van der Waals surface area contributed by atoms with Crippen molar-refractivity contribution >= 4 is 11.8 Å². The third kappa shape index (κ3) is 4.90. The lowest BCUT2D eigenvalue weighted by Gasteiger charge is -2.37. The summed E-state index contributed by atoms with van der Waals surface area (Å²) < 4.78 is 13.7. The Morgan fingerprint density at radius 2 is 1.75 bits per heavy atom. The molecular formula is C22H32FN3O2. The number of amides is 2. The van der Waals surface area contributed by atoms with E-state index < -0.39 is 0 Å². The molecule has 1 aliphatic heterocycles. The predicted molar refractivity (Wildman–Crippen MR) is 108 cm³/mol. The highest BCUT2D eigenvalue weighted by Crippen LogP contribution is 2.26. The molecule has 5 nitrogen and oxygen atoms in total. The van der Waals surface area contributed by atoms with Gasteiger partial charge >= 0.3 is 0 Å². The van der Waals surface area contributed by atoms with Gasteiger partial charge in [-0.2, -0.15) is 0 Å². The quantitative estimate of drug-likeness (QED) is 0.795. The minimum atomic E-state index is -0.352. The maximum Gasteiger partial charge on any atom is 0.254 e. The monoisotopic (exact) mass is 389 g/mol. The van der Waals surface area contributed by atoms with Crippen LogP contribution in [0, 0.1) is 18.7 Å². The molecular weight excluding hydrogens is 357 g/mol. The molecule has 1 aromatic carbocycles. The highest BCUT2D eigenvalue weighted by molar-refractivity contribution is 5.94. The Balaban J connectivity index is 1.47. The van der Waals surface area contributed by atoms with E-state index in [1.54, 1.807) is 24.0 Å². The van der Waals surface area contributed by atoms with Gasteiger partial charge in [0.1, 0.15) is 5.82 Å². The van der Waals surface area contributed by atoms with Crippen molar-refractivity contribution in [1.29, 1.82) is 0 Å². The van der Waals surface area contributed by atoms with Crippen LogP contribution < -0.4 is 0 Å². The first-order valence-electron chi connectivity index (χ1n) is 10.4. The summed E-state index contributed by atoms with van der Waals surface area (Å²) in [6.07, 6.45) is 4.59. The van der Waals surface area contributed by atoms with Gasteiger partial charge in [0.15, 0.2) is 0 Å². The maximum atomic E-state index is 13.7. The largest absolute Gasteiger partial charge is 0.342 e. The van der Waals surface area contributed by atoms with Crippen LogP contribution in [0.4, 0.5) is 4.39 Å². The molecule has 3 rings (SSSR count). The van der Waals surface area contributed by atoms with Crippen molar-refractivity contribution in [3.8, 4) is 0 Å². The zero-order valence-electron chi connectivity index (χ0n) is 17.3. The number of rotatable bonds is 4. The molecule has 28 heavy (non-hydrogen) atoms. The predicted octanol–water partition coefficient (Wildman–Crippen LogP) is 2.93. The van der Waals surface area contributed by atoms with Gasteiger partial charge in [0, 0.05) is 44.8 Å². The molecule has 2 fully saturated rings. The van der Waals surface area contributed by atoms with Gasteiger partial charge in [0.05, 0.1) is 6.54 Å². The third-order valence-corrected chi connectivity index (χ3v) is 6.36. The molecule has 2 aliphatic rings. The number of halogens is 1. The minimum absolute atomic E-state index is 0.140. The lowest BCUT2D eigenvalue weighted by atomic mass is 9.87. The molecule has 0 aromatic heterocycles. The number of carbonyl (C=O) groups excluding carboxylic acids is 2. The number of carbonyl (C=O) groups is 2. The first-order chi connectivity index (χ1) is 13.3. The van der Waals surface area contributed by atoms with E-state index in [1.165, 1.54) is 18.9 Å². The molecule has 6 heteroatoms. The molecule has 0 radical (unpaired) electrons. The molecule has 0 atom stereocenters. The normalized spacial score (nSPS) is 23.5. The van der Waals surface area contributed by atoms with Gasteiger partial charge in [-0.05, 0) is 56.2 Å². The van der Waals surface area contributed by atoms with Crippen molar-refractivity contribution in [2.45, 2.75) is 45.6 Å². The summed E-state index contributed by atoms with van der Waals surface area (Å²) in [5, 5.41) is 0. The molecule has 1 aliphatic carbocycles. The number of nitrogens with zero attached hydrogens (tertiary/aromatic N) is 3. The Morgan fingerprint density at radius 3 is 2.36 bits per heavy atom. The number of hydrogen-bond acceptors (Lipinski definition) is 3. The van der Waals surface area contributed by atoms with E-state index in [9.17, 15) is 14.0 Å². The van der Waals surface area contributed by atoms with Crippen LogP contribution in [-0.4, -0.2) is 72.3 Å². The molecule has 1 heterocycles. The standard InChI is InChI=1S/C22H32FN3O2/c1-16-4-8-19(9-5-16)24(3)21(27)15-25-10-12-26(13-11-25)22(28)18-7-6-17(2)20(23)14-18/h6-7,14,16,19H,4-5,8-13,15H2,1-3H3. The Bertz CT molecular complexity index is 708. The first-order valence-corrected chi connectivity index (χ1v) is 10.4. The lowest BCUT2D eigenvalue weighted by Crippen LogP contribution is -2.52. The minimum Gasteiger partial charge on any atom is -0.342 e. The van der Waals surface area contributed by atoms with Gasteiger partial charge in [-0.1, -0.05) is 13.0 Å². The summed E-state index contributed by atoms with van der Waals surface area (Å²) >= 11 is 0. The first kappa shape index (κ1) is 20.8. The molecule has 2 amide bonds. The number of hydrogen-bond donors (Lipinski definition) is 0. The molecule has 1 saturated carbocycles. The molecule has 0 unspecified atom stereocenters. The Morgan fingerprint density at radius 1 is 1.11 bits per heavy atom. The van der Waals surface area contributed by atoms with Crippen LogP contribution in [0.5, 0.6) is 0 Å². The number of likely N-dealkylation sites (N-methyl/N-ethyl adjacent to an activating group) is 1. The van der Waals surface area contributed by atoms with Gasteiger partial charge in [-0.3, -0.25) is 14.5 Å². The summed E-state index contributed by atoms with van der Waals surface area (Å²) in [6, 6.07) is 4.99. The van der Waals surface area contributed by atoms with Crippen molar-refractivity contribution in [2.24, 2.45) is 5.92 Å². The van der Waals surface area contributed by atoms with Crippen molar-refractivity contribution in [1.82, 2.24) is 14.7 Å². The van der Waals surface area contributed by atoms with Crippen molar-refractivity contribution < 1.29 is 14.0 Å². The van der Waals surface area contributed by atoms with E-state index >= 15 is 0 Å². The summed E-state index contributed by atoms with van der Waals surface area (Å²) in [5.74, 6) is 0.445. The van der Waals surface area contributed by atoms with Crippen LogP contribution in [0.25, 0.3) is 0 Å². The number of aryl methyl sites for hydroxylation is 1. The van der Waals surface area contributed by atoms with E-state index in [0.717, 1.165) is 18.8 Å². The van der Waals surface area contributed by atoms with Crippen LogP contribution in [0.1, 0.15) is 48.5 Å². The summed E-state index contributed by atoms with van der Waals surface area (Å²) in [6.45, 7) is 6.83. The van der Waals surface area contributed by atoms with Crippen molar-refractivity contribution in [2.75, 3.05) is 39.8 Å². The zero-order chi connectivity index (χ0) is 20.3. The fourth-order valence-electron chi connectivity index (χ4n) is 4.15. The Hall–Kier alpha value is -1.95. The third-order valence-electron chi connectivity index (χ3n) is 6.36. The zero-order valence-corrected chi connectivity index (χ0v) is 17.3. The van der Waals surface area contributed by atoms with Crippen LogP contribution in [0.3, 0.4) is 0 Å². The number of piperazine rings is 1. The van der Waals surface area contributed by atoms with Gasteiger partial charge in [-0.25, -0.2) is 4.39 Å². The second-order valence-corrected chi connectivity index (χ2v) is 8.45. The molecule has 1 saturated heterocycles. The molecule has 1 aromatic rings. The van der Waals surface area contributed by atoms with Crippen LogP contribution in [-0.2, 0) is 4.79 Å². The fourth-order valence-corrected chi connectivity index (χ4v) is 4.15. The van der Waals surface area contributed by atoms with Gasteiger partial charge in [0.2, 0.25) is 5.91 Å². The summed E-state index contributed by atoms with van der Waals surface area (Å²) in [5.41, 5.74) is 0.926. The smallest absolute Gasteiger partial charge is 0.254 e. The lowest BCUT2D eigenvalue weighted by molar-refractivity contribution is -0.134. The van der Waals surface area contributed by atoms with E-state index in [2.05, 4.69) is 11.8 Å². The average molecular weight is 390 g/mol. The SMILES string of the molecule is Cc1ccc(C(=O)N2CCN(CC(=O)N(C)C3CCC(C)CC3)CC2)cc1F. The average Bonchev–Trinajstić information content (AvgIpc) is 2.70. The highest BCUT2D eigenvalue weighted by atomic mass is 19.1. The van der Waals surface area contributed by atoms with E-state index in [4.69, 9.17) is 0 Å². The van der Waals surface area contributed by atoms with Crippen molar-refractivity contribution in [3.63, 3.8) is 0 Å². The van der Waals surface area contributed by atoms with Crippen molar-refractivity contribution in [3.05, 3.63) is 35.1 Å². The summed E-state index contributed by atoms with van der Waals surface area (Å²) in [4.78, 5) is 31.1. The van der Waals surface area contributed by atoms with E-state index in [1.807, 2.05) is 11.9 Å². The van der Waals surface area contributed by atoms with E-state index in [-0.39, 0.29) is 17.6 Å². The molecule has 154 valence electrons. The van der Waals surface area contributed by atoms with Gasteiger partial charge < -0.3 is 9.80 Å². The topological polar surface area (TPSA) is 43.9 Å². The van der Waals surface area contributed by atoms with Crippen LogP contribution in [0.15, 0.2) is 18.2 Å². The maximum absolute atomic E-state index is 13.7. The Labute approximate surface area is 167 Å². The summed E-state index contributed by atoms with van der Waals surface area (Å²) in [7, 11) is 1.93. The number of benzene rings is 1. The second kappa shape index (κ2) is 9.03. The molecule has 0 N–H and O–H groups in total. The molecule has 0 spiro atoms. The fraction of sp³-hybridized carbons (Fsp3) is 0.636. The van der Waals surface area contributed by atoms with E-state index in [0.29, 0.717) is 49.9 Å². The molecule has 0 bridgehead atoms. The van der Waals surface area contributed by atoms with Crippen LogP contribution >= 0.6 is 0 Å².